The van der Waals surface area contributed by atoms with Crippen LogP contribution in [0, 0.1) is 0 Å². The van der Waals surface area contributed by atoms with E-state index in [0.29, 0.717) is 6.61 Å². The topological polar surface area (TPSA) is 57.2 Å². The maximum Gasteiger partial charge on any atom is 0.190 e. The molecule has 0 bridgehead atoms. The number of hydrogen-bond acceptors (Lipinski definition) is 5. The van der Waals surface area contributed by atoms with E-state index in [2.05, 4.69) is 6.58 Å². The summed E-state index contributed by atoms with van der Waals surface area (Å²) in [6.07, 6.45) is 0.206. The number of fused-ring (bicyclic) bond motifs is 1. The van der Waals surface area contributed by atoms with E-state index in [1.165, 1.54) is 0 Å². The molecule has 2 aliphatic rings. The van der Waals surface area contributed by atoms with Crippen molar-refractivity contribution >= 4 is 0 Å². The summed E-state index contributed by atoms with van der Waals surface area (Å²) in [4.78, 5) is 0. The van der Waals surface area contributed by atoms with Crippen LogP contribution in [0.2, 0.25) is 0 Å². The van der Waals surface area contributed by atoms with E-state index >= 15 is 0 Å². The van der Waals surface area contributed by atoms with Crippen molar-refractivity contribution in [1.82, 2.24) is 0 Å². The smallest absolute Gasteiger partial charge is 0.190 e. The molecule has 1 N–H and O–H groups in total. The van der Waals surface area contributed by atoms with Gasteiger partial charge in [0.2, 0.25) is 0 Å². The molecule has 2 heterocycles. The van der Waals surface area contributed by atoms with E-state index in [0.717, 1.165) is 0 Å². The van der Waals surface area contributed by atoms with E-state index in [-0.39, 0.29) is 18.8 Å². The predicted octanol–water partition coefficient (Wildman–Crippen LogP) is 0.426. The normalized spacial score (nSPS) is 40.9. The molecule has 2 fully saturated rings. The molecular formula is C11H18O5. The predicted molar refractivity (Wildman–Crippen MR) is 55.7 cm³/mol. The minimum absolute atomic E-state index is 0.109. The van der Waals surface area contributed by atoms with Gasteiger partial charge in [-0.1, -0.05) is 6.08 Å². The second-order valence-electron chi connectivity index (χ2n) is 4.41. The summed E-state index contributed by atoms with van der Waals surface area (Å²) >= 11 is 0. The Morgan fingerprint density at radius 3 is 2.81 bits per heavy atom. The Kier molecular flexibility index (Phi) is 3.32. The van der Waals surface area contributed by atoms with Crippen LogP contribution in [0.3, 0.4) is 0 Å². The fraction of sp³-hybridized carbons (Fsp3) is 0.818. The molecule has 0 aliphatic carbocycles. The summed E-state index contributed by atoms with van der Waals surface area (Å²) in [5, 5.41) is 9.18. The molecule has 92 valence electrons. The number of aliphatic hydroxyl groups is 1. The molecule has 2 rings (SSSR count). The molecule has 0 saturated carbocycles. The molecule has 0 amide bonds. The molecule has 16 heavy (non-hydrogen) atoms. The van der Waals surface area contributed by atoms with Crippen molar-refractivity contribution < 1.29 is 24.1 Å². The molecule has 0 aromatic heterocycles. The van der Waals surface area contributed by atoms with Gasteiger partial charge in [0.25, 0.3) is 0 Å². The maximum absolute atomic E-state index is 9.18. The van der Waals surface area contributed by atoms with Gasteiger partial charge in [-0.15, -0.1) is 6.58 Å². The second kappa shape index (κ2) is 4.43. The SMILES string of the molecule is C=CCOC1C(CO)OC2OC(C)(C)OC21. The van der Waals surface area contributed by atoms with Gasteiger partial charge in [-0.25, -0.2) is 0 Å². The zero-order valence-electron chi connectivity index (χ0n) is 9.59. The zero-order valence-corrected chi connectivity index (χ0v) is 9.59. The van der Waals surface area contributed by atoms with Crippen LogP contribution < -0.4 is 0 Å². The minimum atomic E-state index is -0.661. The first kappa shape index (κ1) is 12.0. The van der Waals surface area contributed by atoms with E-state index in [9.17, 15) is 5.11 Å². The van der Waals surface area contributed by atoms with Crippen molar-refractivity contribution in [2.45, 2.75) is 44.2 Å². The van der Waals surface area contributed by atoms with Crippen molar-refractivity contribution in [3.63, 3.8) is 0 Å². The first-order chi connectivity index (χ1) is 7.57. The third kappa shape index (κ3) is 2.14. The Morgan fingerprint density at radius 2 is 2.19 bits per heavy atom. The van der Waals surface area contributed by atoms with Crippen LogP contribution in [0.1, 0.15) is 13.8 Å². The minimum Gasteiger partial charge on any atom is -0.394 e. The fourth-order valence-corrected chi connectivity index (χ4v) is 2.07. The highest BCUT2D eigenvalue weighted by molar-refractivity contribution is 4.94. The molecule has 2 saturated heterocycles. The Hall–Kier alpha value is -0.460. The maximum atomic E-state index is 9.18. The molecule has 5 heteroatoms. The van der Waals surface area contributed by atoms with Crippen molar-refractivity contribution in [2.24, 2.45) is 0 Å². The molecular weight excluding hydrogens is 212 g/mol. The van der Waals surface area contributed by atoms with Gasteiger partial charge in [-0.3, -0.25) is 0 Å². The van der Waals surface area contributed by atoms with Gasteiger partial charge >= 0.3 is 0 Å². The van der Waals surface area contributed by atoms with Crippen molar-refractivity contribution in [1.29, 1.82) is 0 Å². The van der Waals surface area contributed by atoms with Gasteiger partial charge in [0.15, 0.2) is 12.1 Å². The standard InChI is InChI=1S/C11H18O5/c1-4-5-13-8-7(6-12)14-10-9(8)15-11(2,3)16-10/h4,7-10,12H,1,5-6H2,2-3H3. The lowest BCUT2D eigenvalue weighted by molar-refractivity contribution is -0.221. The van der Waals surface area contributed by atoms with Gasteiger partial charge in [0, 0.05) is 0 Å². The Bertz CT molecular complexity index is 265. The highest BCUT2D eigenvalue weighted by Crippen LogP contribution is 2.38. The van der Waals surface area contributed by atoms with Crippen LogP contribution in [0.15, 0.2) is 12.7 Å². The summed E-state index contributed by atoms with van der Waals surface area (Å²) < 4.78 is 22.3. The van der Waals surface area contributed by atoms with Crippen molar-refractivity contribution in [2.75, 3.05) is 13.2 Å². The van der Waals surface area contributed by atoms with Crippen LogP contribution in [-0.4, -0.2) is 48.7 Å². The summed E-state index contributed by atoms with van der Waals surface area (Å²) in [7, 11) is 0. The zero-order chi connectivity index (χ0) is 11.8. The number of ether oxygens (including phenoxy) is 4. The quantitative estimate of drug-likeness (QED) is 0.710. The number of hydrogen-bond donors (Lipinski definition) is 1. The summed E-state index contributed by atoms with van der Waals surface area (Å²) in [5.41, 5.74) is 0. The van der Waals surface area contributed by atoms with Crippen LogP contribution in [-0.2, 0) is 18.9 Å². The summed E-state index contributed by atoms with van der Waals surface area (Å²) in [6, 6.07) is 0. The molecule has 0 spiro atoms. The van der Waals surface area contributed by atoms with Crippen LogP contribution in [0.25, 0.3) is 0 Å². The molecule has 4 atom stereocenters. The second-order valence-corrected chi connectivity index (χ2v) is 4.41. The summed E-state index contributed by atoms with van der Waals surface area (Å²) in [6.45, 7) is 7.53. The van der Waals surface area contributed by atoms with Gasteiger partial charge in [-0.05, 0) is 13.8 Å². The highest BCUT2D eigenvalue weighted by Gasteiger charge is 2.55. The van der Waals surface area contributed by atoms with Gasteiger partial charge in [-0.2, -0.15) is 0 Å². The fourth-order valence-electron chi connectivity index (χ4n) is 2.07. The lowest BCUT2D eigenvalue weighted by Crippen LogP contribution is -2.38. The van der Waals surface area contributed by atoms with E-state index in [4.69, 9.17) is 18.9 Å². The average molecular weight is 230 g/mol. The number of rotatable bonds is 4. The first-order valence-corrected chi connectivity index (χ1v) is 5.42. The van der Waals surface area contributed by atoms with E-state index in [1.807, 2.05) is 13.8 Å². The molecule has 0 radical (unpaired) electrons. The average Bonchev–Trinajstić information content (AvgIpc) is 2.67. The van der Waals surface area contributed by atoms with Crippen LogP contribution >= 0.6 is 0 Å². The van der Waals surface area contributed by atoms with Crippen molar-refractivity contribution in [3.8, 4) is 0 Å². The van der Waals surface area contributed by atoms with Crippen LogP contribution in [0.5, 0.6) is 0 Å². The van der Waals surface area contributed by atoms with E-state index in [1.54, 1.807) is 6.08 Å². The largest absolute Gasteiger partial charge is 0.394 e. The van der Waals surface area contributed by atoms with Crippen LogP contribution in [0.4, 0.5) is 0 Å². The molecule has 0 aromatic rings. The van der Waals surface area contributed by atoms with Gasteiger partial charge < -0.3 is 24.1 Å². The monoisotopic (exact) mass is 230 g/mol. The Balaban J connectivity index is 2.04. The first-order valence-electron chi connectivity index (χ1n) is 5.42. The molecule has 5 nitrogen and oxygen atoms in total. The van der Waals surface area contributed by atoms with Gasteiger partial charge in [0.05, 0.1) is 13.2 Å². The third-order valence-electron chi connectivity index (χ3n) is 2.67. The Labute approximate surface area is 94.9 Å². The lowest BCUT2D eigenvalue weighted by atomic mass is 10.1. The molecule has 2 aliphatic heterocycles. The van der Waals surface area contributed by atoms with E-state index < -0.39 is 18.2 Å². The summed E-state index contributed by atoms with van der Waals surface area (Å²) in [5.74, 6) is -0.661. The molecule has 0 aromatic carbocycles. The van der Waals surface area contributed by atoms with Crippen molar-refractivity contribution in [3.05, 3.63) is 12.7 Å². The lowest BCUT2D eigenvalue weighted by Gasteiger charge is -2.24. The highest BCUT2D eigenvalue weighted by atomic mass is 16.8. The third-order valence-corrected chi connectivity index (χ3v) is 2.67. The molecule has 4 unspecified atom stereocenters. The number of aliphatic hydroxyl groups excluding tert-OH is 1. The van der Waals surface area contributed by atoms with Gasteiger partial charge in [0.1, 0.15) is 18.3 Å². The Morgan fingerprint density at radius 1 is 1.44 bits per heavy atom.